The Kier molecular flexibility index (Phi) is 3.58. The van der Waals surface area contributed by atoms with Crippen molar-refractivity contribution in [3.63, 3.8) is 0 Å². The van der Waals surface area contributed by atoms with Crippen LogP contribution in [0.5, 0.6) is 0 Å². The number of benzene rings is 1. The largest absolute Gasteiger partial charge is 0.342 e. The maximum Gasteiger partial charge on any atom is 0.258 e. The molecule has 1 unspecified atom stereocenters. The van der Waals surface area contributed by atoms with E-state index in [1.807, 2.05) is 4.90 Å². The summed E-state index contributed by atoms with van der Waals surface area (Å²) in [5, 5.41) is 0.00768. The van der Waals surface area contributed by atoms with Gasteiger partial charge in [-0.15, -0.1) is 0 Å². The van der Waals surface area contributed by atoms with Crippen LogP contribution in [0.1, 0.15) is 37.4 Å². The number of hydrogen-bond donors (Lipinski definition) is 1. The Morgan fingerprint density at radius 1 is 1.21 bits per heavy atom. The molecule has 2 aromatic rings. The third kappa shape index (κ3) is 2.57. The number of likely N-dealkylation sites (tertiary alicyclic amines) is 1. The molecule has 0 bridgehead atoms. The van der Waals surface area contributed by atoms with Crippen molar-refractivity contribution < 1.29 is 13.6 Å². The minimum atomic E-state index is -1.08. The summed E-state index contributed by atoms with van der Waals surface area (Å²) in [7, 11) is 0. The molecule has 1 atom stereocenters. The molecular weight excluding hydrogens is 316 g/mol. The highest BCUT2D eigenvalue weighted by atomic mass is 19.2. The quantitative estimate of drug-likeness (QED) is 0.937. The van der Waals surface area contributed by atoms with Crippen LogP contribution in [0.25, 0.3) is 10.9 Å². The van der Waals surface area contributed by atoms with Crippen molar-refractivity contribution in [3.05, 3.63) is 39.9 Å². The summed E-state index contributed by atoms with van der Waals surface area (Å²) in [5.74, 6) is -1.34. The molecule has 7 heteroatoms. The van der Waals surface area contributed by atoms with Crippen molar-refractivity contribution in [2.45, 2.75) is 31.6 Å². The van der Waals surface area contributed by atoms with E-state index in [-0.39, 0.29) is 29.1 Å². The molecular formula is C17H17F2N3O2. The number of amides is 1. The van der Waals surface area contributed by atoms with Gasteiger partial charge in [0, 0.05) is 31.5 Å². The molecule has 126 valence electrons. The van der Waals surface area contributed by atoms with E-state index in [4.69, 9.17) is 0 Å². The SMILES string of the molecule is O=C1CC(c2nc3cc(F)c(F)cc3c(=O)[nH]2)CN1CC1CCC1. The molecule has 1 aromatic heterocycles. The van der Waals surface area contributed by atoms with Gasteiger partial charge >= 0.3 is 0 Å². The number of halogens is 2. The normalized spacial score (nSPS) is 21.5. The summed E-state index contributed by atoms with van der Waals surface area (Å²) >= 11 is 0. The number of carbonyl (C=O) groups excluding carboxylic acids is 1. The summed E-state index contributed by atoms with van der Waals surface area (Å²) in [5.41, 5.74) is -0.406. The van der Waals surface area contributed by atoms with Crippen molar-refractivity contribution in [1.29, 1.82) is 0 Å². The number of hydrogen-bond acceptors (Lipinski definition) is 3. The second-order valence-corrected chi connectivity index (χ2v) is 6.73. The van der Waals surface area contributed by atoms with Gasteiger partial charge in [-0.05, 0) is 24.8 Å². The van der Waals surface area contributed by atoms with Gasteiger partial charge in [0.1, 0.15) is 5.82 Å². The van der Waals surface area contributed by atoms with Gasteiger partial charge in [0.15, 0.2) is 11.6 Å². The summed E-state index contributed by atoms with van der Waals surface area (Å²) in [6, 6.07) is 1.77. The molecule has 4 rings (SSSR count). The first-order valence-corrected chi connectivity index (χ1v) is 8.18. The number of carbonyl (C=O) groups is 1. The van der Waals surface area contributed by atoms with Crippen LogP contribution in [0.4, 0.5) is 8.78 Å². The van der Waals surface area contributed by atoms with Gasteiger partial charge in [0.25, 0.3) is 5.56 Å². The predicted molar refractivity (Wildman–Crippen MR) is 83.6 cm³/mol. The molecule has 2 aliphatic rings. The maximum atomic E-state index is 13.4. The lowest BCUT2D eigenvalue weighted by molar-refractivity contribution is -0.128. The average Bonchev–Trinajstić information content (AvgIpc) is 2.86. The highest BCUT2D eigenvalue weighted by Crippen LogP contribution is 2.32. The molecule has 2 fully saturated rings. The lowest BCUT2D eigenvalue weighted by Gasteiger charge is -2.30. The van der Waals surface area contributed by atoms with E-state index < -0.39 is 17.2 Å². The van der Waals surface area contributed by atoms with Gasteiger partial charge < -0.3 is 9.88 Å². The minimum Gasteiger partial charge on any atom is -0.342 e. The first-order chi connectivity index (χ1) is 11.5. The van der Waals surface area contributed by atoms with Crippen molar-refractivity contribution in [1.82, 2.24) is 14.9 Å². The Morgan fingerprint density at radius 2 is 1.96 bits per heavy atom. The number of aromatic amines is 1. The van der Waals surface area contributed by atoms with Crippen LogP contribution >= 0.6 is 0 Å². The maximum absolute atomic E-state index is 13.4. The average molecular weight is 333 g/mol. The van der Waals surface area contributed by atoms with E-state index in [9.17, 15) is 18.4 Å². The van der Waals surface area contributed by atoms with Crippen LogP contribution in [0.15, 0.2) is 16.9 Å². The molecule has 1 amide bonds. The van der Waals surface area contributed by atoms with E-state index in [2.05, 4.69) is 9.97 Å². The van der Waals surface area contributed by atoms with E-state index in [1.54, 1.807) is 0 Å². The zero-order valence-electron chi connectivity index (χ0n) is 13.0. The Hall–Kier alpha value is -2.31. The Morgan fingerprint density at radius 3 is 2.67 bits per heavy atom. The first kappa shape index (κ1) is 15.2. The molecule has 1 aliphatic carbocycles. The zero-order chi connectivity index (χ0) is 16.8. The van der Waals surface area contributed by atoms with Crippen molar-refractivity contribution >= 4 is 16.8 Å². The van der Waals surface area contributed by atoms with E-state index in [0.29, 0.717) is 18.3 Å². The summed E-state index contributed by atoms with van der Waals surface area (Å²) in [4.78, 5) is 33.0. The van der Waals surface area contributed by atoms with E-state index in [1.165, 1.54) is 6.42 Å². The Bertz CT molecular complexity index is 876. The molecule has 5 nitrogen and oxygen atoms in total. The molecule has 2 heterocycles. The first-order valence-electron chi connectivity index (χ1n) is 8.18. The highest BCUT2D eigenvalue weighted by molar-refractivity contribution is 5.80. The van der Waals surface area contributed by atoms with Crippen LogP contribution in [0, 0.1) is 17.6 Å². The standard InChI is InChI=1S/C17H17F2N3O2/c18-12-5-11-14(6-13(12)19)20-16(21-17(11)24)10-4-15(23)22(8-10)7-9-2-1-3-9/h5-6,9-10H,1-4,7-8H2,(H,20,21,24). The number of nitrogens with one attached hydrogen (secondary N) is 1. The van der Waals surface area contributed by atoms with Gasteiger partial charge in [0.05, 0.1) is 10.9 Å². The third-order valence-electron chi connectivity index (χ3n) is 5.07. The van der Waals surface area contributed by atoms with E-state index >= 15 is 0 Å². The number of nitrogens with zero attached hydrogens (tertiary/aromatic N) is 2. The smallest absolute Gasteiger partial charge is 0.258 e. The van der Waals surface area contributed by atoms with Crippen LogP contribution in [0.2, 0.25) is 0 Å². The highest BCUT2D eigenvalue weighted by Gasteiger charge is 2.34. The van der Waals surface area contributed by atoms with Crippen molar-refractivity contribution in [3.8, 4) is 0 Å². The van der Waals surface area contributed by atoms with Crippen molar-refractivity contribution in [2.75, 3.05) is 13.1 Å². The van der Waals surface area contributed by atoms with Gasteiger partial charge in [-0.3, -0.25) is 9.59 Å². The number of H-pyrrole nitrogens is 1. The van der Waals surface area contributed by atoms with Crippen LogP contribution in [0.3, 0.4) is 0 Å². The van der Waals surface area contributed by atoms with Gasteiger partial charge in [-0.2, -0.15) is 0 Å². The molecule has 1 aromatic carbocycles. The Labute approximate surface area is 136 Å². The lowest BCUT2D eigenvalue weighted by atomic mass is 9.85. The third-order valence-corrected chi connectivity index (χ3v) is 5.07. The molecule has 1 N–H and O–H groups in total. The zero-order valence-corrected chi connectivity index (χ0v) is 13.0. The fraction of sp³-hybridized carbons (Fsp3) is 0.471. The fourth-order valence-corrected chi connectivity index (χ4v) is 3.46. The van der Waals surface area contributed by atoms with Crippen molar-refractivity contribution in [2.24, 2.45) is 5.92 Å². The Balaban J connectivity index is 1.63. The molecule has 1 saturated carbocycles. The number of fused-ring (bicyclic) bond motifs is 1. The molecule has 0 spiro atoms. The summed E-state index contributed by atoms with van der Waals surface area (Å²) in [6.45, 7) is 1.26. The summed E-state index contributed by atoms with van der Waals surface area (Å²) < 4.78 is 26.7. The molecule has 24 heavy (non-hydrogen) atoms. The fourth-order valence-electron chi connectivity index (χ4n) is 3.46. The molecule has 0 radical (unpaired) electrons. The van der Waals surface area contributed by atoms with Crippen LogP contribution in [-0.4, -0.2) is 33.9 Å². The van der Waals surface area contributed by atoms with Gasteiger partial charge in [0.2, 0.25) is 5.91 Å². The monoisotopic (exact) mass is 333 g/mol. The second-order valence-electron chi connectivity index (χ2n) is 6.73. The topological polar surface area (TPSA) is 66.1 Å². The number of rotatable bonds is 3. The van der Waals surface area contributed by atoms with Crippen LogP contribution in [-0.2, 0) is 4.79 Å². The minimum absolute atomic E-state index is 0.00768. The molecule has 1 saturated heterocycles. The summed E-state index contributed by atoms with van der Waals surface area (Å²) in [6.07, 6.45) is 3.82. The van der Waals surface area contributed by atoms with Gasteiger partial charge in [-0.25, -0.2) is 13.8 Å². The van der Waals surface area contributed by atoms with E-state index in [0.717, 1.165) is 31.5 Å². The number of aromatic nitrogens is 2. The van der Waals surface area contributed by atoms with Crippen LogP contribution < -0.4 is 5.56 Å². The predicted octanol–water partition coefficient (Wildman–Crippen LogP) is 2.32. The van der Waals surface area contributed by atoms with Gasteiger partial charge in [-0.1, -0.05) is 6.42 Å². The lowest BCUT2D eigenvalue weighted by Crippen LogP contribution is -2.33. The molecule has 1 aliphatic heterocycles. The second kappa shape index (κ2) is 5.65.